The molecule has 112 valence electrons. The summed E-state index contributed by atoms with van der Waals surface area (Å²) in [7, 11) is -1.44. The predicted molar refractivity (Wildman–Crippen MR) is 81.0 cm³/mol. The lowest BCUT2D eigenvalue weighted by Gasteiger charge is -2.21. The SMILES string of the molecule is CCCNC1c2cc(OC)ccc2CC1S(=O)(=O)CC. The smallest absolute Gasteiger partial charge is 0.155 e. The van der Waals surface area contributed by atoms with Gasteiger partial charge in [0.25, 0.3) is 0 Å². The number of sulfone groups is 1. The van der Waals surface area contributed by atoms with Crippen LogP contribution >= 0.6 is 0 Å². The molecule has 0 heterocycles. The fraction of sp³-hybridized carbons (Fsp3) is 0.600. The molecule has 0 spiro atoms. The first-order chi connectivity index (χ1) is 9.53. The van der Waals surface area contributed by atoms with E-state index in [4.69, 9.17) is 4.74 Å². The number of ether oxygens (including phenoxy) is 1. The highest BCUT2D eigenvalue weighted by Crippen LogP contribution is 2.37. The second kappa shape index (κ2) is 6.14. The fourth-order valence-electron chi connectivity index (χ4n) is 2.80. The minimum Gasteiger partial charge on any atom is -0.497 e. The van der Waals surface area contributed by atoms with Crippen molar-refractivity contribution in [2.24, 2.45) is 0 Å². The summed E-state index contributed by atoms with van der Waals surface area (Å²) in [5, 5.41) is 3.03. The number of hydrogen-bond acceptors (Lipinski definition) is 4. The highest BCUT2D eigenvalue weighted by atomic mass is 32.2. The molecule has 0 fully saturated rings. The average molecular weight is 297 g/mol. The van der Waals surface area contributed by atoms with Gasteiger partial charge in [0.05, 0.1) is 12.4 Å². The molecule has 1 aliphatic rings. The Morgan fingerprint density at radius 2 is 2.10 bits per heavy atom. The Bertz CT molecular complexity index is 568. The number of methoxy groups -OCH3 is 1. The molecule has 2 unspecified atom stereocenters. The summed E-state index contributed by atoms with van der Waals surface area (Å²) < 4.78 is 29.9. The highest BCUT2D eigenvalue weighted by molar-refractivity contribution is 7.92. The van der Waals surface area contributed by atoms with Crippen molar-refractivity contribution in [1.29, 1.82) is 0 Å². The summed E-state index contributed by atoms with van der Waals surface area (Å²) in [6, 6.07) is 5.73. The van der Waals surface area contributed by atoms with E-state index in [-0.39, 0.29) is 17.0 Å². The van der Waals surface area contributed by atoms with Gasteiger partial charge in [0.15, 0.2) is 9.84 Å². The molecule has 0 bridgehead atoms. The summed E-state index contributed by atoms with van der Waals surface area (Å²) in [6.45, 7) is 4.62. The van der Waals surface area contributed by atoms with E-state index in [1.54, 1.807) is 14.0 Å². The van der Waals surface area contributed by atoms with Crippen molar-refractivity contribution in [3.8, 4) is 5.75 Å². The molecule has 0 radical (unpaired) electrons. The van der Waals surface area contributed by atoms with Crippen molar-refractivity contribution in [2.45, 2.75) is 38.0 Å². The lowest BCUT2D eigenvalue weighted by molar-refractivity contribution is 0.413. The lowest BCUT2D eigenvalue weighted by Crippen LogP contribution is -2.36. The second-order valence-electron chi connectivity index (χ2n) is 5.19. The maximum absolute atomic E-state index is 12.3. The molecule has 2 atom stereocenters. The third-order valence-corrected chi connectivity index (χ3v) is 6.12. The van der Waals surface area contributed by atoms with E-state index in [2.05, 4.69) is 12.2 Å². The Morgan fingerprint density at radius 3 is 2.70 bits per heavy atom. The first-order valence-corrected chi connectivity index (χ1v) is 8.86. The monoisotopic (exact) mass is 297 g/mol. The molecule has 0 aliphatic heterocycles. The van der Waals surface area contributed by atoms with E-state index in [0.29, 0.717) is 6.42 Å². The normalized spacial score (nSPS) is 21.8. The van der Waals surface area contributed by atoms with Gasteiger partial charge in [-0.1, -0.05) is 19.9 Å². The number of fused-ring (bicyclic) bond motifs is 1. The molecule has 0 saturated carbocycles. The van der Waals surface area contributed by atoms with Gasteiger partial charge in [-0.25, -0.2) is 8.42 Å². The van der Waals surface area contributed by atoms with Crippen molar-refractivity contribution in [2.75, 3.05) is 19.4 Å². The summed E-state index contributed by atoms with van der Waals surface area (Å²) in [6.07, 6.45) is 1.57. The van der Waals surface area contributed by atoms with Gasteiger partial charge in [-0.3, -0.25) is 0 Å². The molecule has 1 N–H and O–H groups in total. The topological polar surface area (TPSA) is 55.4 Å². The van der Waals surface area contributed by atoms with Gasteiger partial charge in [0.1, 0.15) is 5.75 Å². The summed E-state index contributed by atoms with van der Waals surface area (Å²) in [5.41, 5.74) is 2.18. The number of benzene rings is 1. The summed E-state index contributed by atoms with van der Waals surface area (Å²) >= 11 is 0. The highest BCUT2D eigenvalue weighted by Gasteiger charge is 2.39. The molecule has 1 aromatic rings. The third-order valence-electron chi connectivity index (χ3n) is 3.96. The van der Waals surface area contributed by atoms with Gasteiger partial charge < -0.3 is 10.1 Å². The molecular weight excluding hydrogens is 274 g/mol. The second-order valence-corrected chi connectivity index (χ2v) is 7.70. The zero-order chi connectivity index (χ0) is 14.8. The van der Waals surface area contributed by atoms with Crippen LogP contribution in [0.2, 0.25) is 0 Å². The van der Waals surface area contributed by atoms with Crippen LogP contribution in [-0.2, 0) is 16.3 Å². The van der Waals surface area contributed by atoms with Gasteiger partial charge in [-0.15, -0.1) is 0 Å². The van der Waals surface area contributed by atoms with Crippen LogP contribution in [0.3, 0.4) is 0 Å². The van der Waals surface area contributed by atoms with Gasteiger partial charge in [0.2, 0.25) is 0 Å². The molecule has 20 heavy (non-hydrogen) atoms. The first kappa shape index (κ1) is 15.3. The molecule has 0 saturated heterocycles. The summed E-state index contributed by atoms with van der Waals surface area (Å²) in [5.74, 6) is 0.967. The minimum atomic E-state index is -3.07. The summed E-state index contributed by atoms with van der Waals surface area (Å²) in [4.78, 5) is 0. The first-order valence-electron chi connectivity index (χ1n) is 7.15. The van der Waals surface area contributed by atoms with Crippen LogP contribution in [0.25, 0.3) is 0 Å². The van der Waals surface area contributed by atoms with Crippen molar-refractivity contribution in [3.05, 3.63) is 29.3 Å². The number of hydrogen-bond donors (Lipinski definition) is 1. The van der Waals surface area contributed by atoms with Crippen LogP contribution in [-0.4, -0.2) is 33.1 Å². The minimum absolute atomic E-state index is 0.120. The Balaban J connectivity index is 2.39. The van der Waals surface area contributed by atoms with Crippen molar-refractivity contribution >= 4 is 9.84 Å². The molecule has 4 nitrogen and oxygen atoms in total. The van der Waals surface area contributed by atoms with Gasteiger partial charge in [0, 0.05) is 11.8 Å². The van der Waals surface area contributed by atoms with Gasteiger partial charge in [-0.2, -0.15) is 0 Å². The largest absolute Gasteiger partial charge is 0.497 e. The van der Waals surface area contributed by atoms with Gasteiger partial charge >= 0.3 is 0 Å². The van der Waals surface area contributed by atoms with Crippen molar-refractivity contribution < 1.29 is 13.2 Å². The molecule has 1 aliphatic carbocycles. The van der Waals surface area contributed by atoms with E-state index in [1.807, 2.05) is 18.2 Å². The Hall–Kier alpha value is -1.07. The fourth-order valence-corrected chi connectivity index (χ4v) is 4.32. The molecular formula is C15H23NO3S. The van der Waals surface area contributed by atoms with Crippen LogP contribution in [0.4, 0.5) is 0 Å². The van der Waals surface area contributed by atoms with E-state index >= 15 is 0 Å². The molecule has 2 rings (SSSR count). The average Bonchev–Trinajstić information content (AvgIpc) is 2.83. The standard InChI is InChI=1S/C15H23NO3S/c1-4-8-16-15-13-10-12(19-3)7-6-11(13)9-14(15)20(17,18)5-2/h6-7,10,14-16H,4-5,8-9H2,1-3H3. The molecule has 5 heteroatoms. The Kier molecular flexibility index (Phi) is 4.70. The Morgan fingerprint density at radius 1 is 1.35 bits per heavy atom. The maximum Gasteiger partial charge on any atom is 0.155 e. The van der Waals surface area contributed by atoms with Crippen LogP contribution in [0, 0.1) is 0 Å². The lowest BCUT2D eigenvalue weighted by atomic mass is 10.1. The predicted octanol–water partition coefficient (Wildman–Crippen LogP) is 2.10. The van der Waals surface area contributed by atoms with Crippen LogP contribution in [0.1, 0.15) is 37.4 Å². The van der Waals surface area contributed by atoms with Crippen LogP contribution in [0.5, 0.6) is 5.75 Å². The van der Waals surface area contributed by atoms with E-state index in [9.17, 15) is 8.42 Å². The van der Waals surface area contributed by atoms with Gasteiger partial charge in [-0.05, 0) is 42.6 Å². The van der Waals surface area contributed by atoms with Crippen molar-refractivity contribution in [1.82, 2.24) is 5.32 Å². The molecule has 0 aromatic heterocycles. The van der Waals surface area contributed by atoms with Crippen LogP contribution in [0.15, 0.2) is 18.2 Å². The quantitative estimate of drug-likeness (QED) is 0.873. The van der Waals surface area contributed by atoms with E-state index in [1.165, 1.54) is 0 Å². The zero-order valence-electron chi connectivity index (χ0n) is 12.3. The number of rotatable bonds is 6. The maximum atomic E-state index is 12.3. The number of nitrogens with one attached hydrogen (secondary N) is 1. The Labute approximate surface area is 121 Å². The molecule has 0 amide bonds. The van der Waals surface area contributed by atoms with E-state index < -0.39 is 9.84 Å². The van der Waals surface area contributed by atoms with Crippen molar-refractivity contribution in [3.63, 3.8) is 0 Å². The molecule has 1 aromatic carbocycles. The third kappa shape index (κ3) is 2.83. The zero-order valence-corrected chi connectivity index (χ0v) is 13.2. The van der Waals surface area contributed by atoms with Crippen LogP contribution < -0.4 is 10.1 Å². The van der Waals surface area contributed by atoms with E-state index in [0.717, 1.165) is 29.8 Å².